The zero-order valence-electron chi connectivity index (χ0n) is 80.2. The van der Waals surface area contributed by atoms with Gasteiger partial charge in [-0.1, -0.05) is 373 Å². The van der Waals surface area contributed by atoms with Crippen molar-refractivity contribution >= 4 is 0 Å². The number of aromatic nitrogens is 10. The first-order chi connectivity index (χ1) is 61.5. The Morgan fingerprint density at radius 2 is 0.578 bits per heavy atom. The fourth-order valence-corrected chi connectivity index (χ4v) is 13.5. The third-order valence-corrected chi connectivity index (χ3v) is 21.0. The van der Waals surface area contributed by atoms with Gasteiger partial charge in [-0.05, 0) is 201 Å². The highest BCUT2D eigenvalue weighted by atomic mass is 14.9. The third-order valence-electron chi connectivity index (χ3n) is 21.0. The van der Waals surface area contributed by atoms with Crippen molar-refractivity contribution in [3.63, 3.8) is 0 Å². The van der Waals surface area contributed by atoms with Crippen molar-refractivity contribution in [2.45, 2.75) is 213 Å². The van der Waals surface area contributed by atoms with E-state index in [4.69, 9.17) is 19.9 Å². The molecular formula is C118H136N10. The van der Waals surface area contributed by atoms with Gasteiger partial charge in [0.2, 0.25) is 0 Å². The summed E-state index contributed by atoms with van der Waals surface area (Å²) in [6.45, 7) is 49.4. The van der Waals surface area contributed by atoms with Gasteiger partial charge in [0.25, 0.3) is 0 Å². The minimum absolute atomic E-state index is 0.373. The van der Waals surface area contributed by atoms with Crippen LogP contribution in [0.1, 0.15) is 257 Å². The fourth-order valence-electron chi connectivity index (χ4n) is 13.5. The van der Waals surface area contributed by atoms with E-state index < -0.39 is 0 Å². The van der Waals surface area contributed by atoms with E-state index in [-0.39, 0.29) is 0 Å². The summed E-state index contributed by atoms with van der Waals surface area (Å²) in [5.74, 6) is 5.46. The van der Waals surface area contributed by atoms with Crippen LogP contribution in [0.4, 0.5) is 0 Å². The Morgan fingerprint density at radius 3 is 0.961 bits per heavy atom. The maximum absolute atomic E-state index is 4.93. The van der Waals surface area contributed by atoms with Crippen molar-refractivity contribution in [3.8, 4) is 78.9 Å². The molecule has 7 aromatic carbocycles. The summed E-state index contributed by atoms with van der Waals surface area (Å²) in [5.41, 5.74) is 31.1. The van der Waals surface area contributed by atoms with Crippen LogP contribution in [-0.4, -0.2) is 49.8 Å². The molecule has 9 aromatic heterocycles. The van der Waals surface area contributed by atoms with Crippen LogP contribution in [0.25, 0.3) is 78.9 Å². The van der Waals surface area contributed by atoms with Gasteiger partial charge in [-0.3, -0.25) is 29.9 Å². The highest BCUT2D eigenvalue weighted by Crippen LogP contribution is 2.33. The van der Waals surface area contributed by atoms with Crippen LogP contribution in [-0.2, 0) is 0 Å². The van der Waals surface area contributed by atoms with E-state index in [1.165, 1.54) is 50.3 Å². The molecule has 9 heterocycles. The standard InChI is InChI=1S/2C20H19N.C19H18N2.C14H15N.2C10H15N.C9H13N.2C8H11N/c1-15(2)18-13-19(16-9-5-3-6-10-16)21-20(14-18)17-11-7-4-8-12-17;1-15(2)18-13-14-19(16-9-5-3-6-10-16)21-20(18)17-11-7-4-8-12-17;1-14(2)17-13-18(15-9-5-3-6-10-15)21-19(20-17)16-11-7-4-8-12-16;1-11(2)13-9-6-10-14(15-13)12-7-4-3-5-8-12;1-7(2)10-5-8(3)11-9(4)6-10;1-7(2)10-6-5-8(3)11-9(10)4;1-7(2)9-6-4-5-8(3)10-9;1-7(2)8-4-3-5-9-6-8;1-7(2)8-5-3-4-6-9-8/h2*3-15H,1-2H3;3-14H,1-2H3;3-11H,1-2H3;2*5-7H,1-4H3;4-7H,1-3H3;2*3-7H,1-2H3. The number of pyridine rings is 8. The summed E-state index contributed by atoms with van der Waals surface area (Å²) in [6, 6.07) is 114. The lowest BCUT2D eigenvalue weighted by molar-refractivity contribution is 0.815. The minimum Gasteiger partial charge on any atom is -0.264 e. The van der Waals surface area contributed by atoms with Gasteiger partial charge in [0.1, 0.15) is 0 Å². The van der Waals surface area contributed by atoms with Crippen molar-refractivity contribution < 1.29 is 0 Å². The van der Waals surface area contributed by atoms with E-state index in [0.29, 0.717) is 53.3 Å². The molecule has 0 aliphatic heterocycles. The molecule has 658 valence electrons. The summed E-state index contributed by atoms with van der Waals surface area (Å²) >= 11 is 0. The van der Waals surface area contributed by atoms with E-state index in [2.05, 4.69) is 374 Å². The Bertz CT molecular complexity index is 5520. The van der Waals surface area contributed by atoms with Gasteiger partial charge in [0, 0.05) is 109 Å². The van der Waals surface area contributed by atoms with Gasteiger partial charge >= 0.3 is 0 Å². The maximum atomic E-state index is 4.93. The molecule has 0 aliphatic carbocycles. The summed E-state index contributed by atoms with van der Waals surface area (Å²) in [4.78, 5) is 45.2. The topological polar surface area (TPSA) is 129 Å². The quantitative estimate of drug-likeness (QED) is 0.0922. The van der Waals surface area contributed by atoms with Crippen LogP contribution in [0, 0.1) is 34.6 Å². The molecule has 0 saturated heterocycles. The number of rotatable bonds is 16. The molecule has 0 bridgehead atoms. The fraction of sp³-hybridized carbons (Fsp3) is 0.271. The average molecular weight is 1690 g/mol. The largest absolute Gasteiger partial charge is 0.264 e. The Balaban J connectivity index is 0.000000182. The van der Waals surface area contributed by atoms with Gasteiger partial charge in [0.05, 0.1) is 34.2 Å². The second-order valence-corrected chi connectivity index (χ2v) is 34.8. The first kappa shape index (κ1) is 100. The third kappa shape index (κ3) is 33.6. The molecule has 128 heavy (non-hydrogen) atoms. The Hall–Kier alpha value is -13.2. The summed E-state index contributed by atoms with van der Waals surface area (Å²) < 4.78 is 0. The van der Waals surface area contributed by atoms with E-state index >= 15 is 0 Å². The molecule has 0 fully saturated rings. The highest BCUT2D eigenvalue weighted by Gasteiger charge is 2.16. The van der Waals surface area contributed by atoms with E-state index in [9.17, 15) is 0 Å². The molecule has 16 aromatic rings. The first-order valence-electron chi connectivity index (χ1n) is 45.4. The molecule has 16 rings (SSSR count). The zero-order chi connectivity index (χ0) is 92.4. The van der Waals surface area contributed by atoms with Crippen molar-refractivity contribution in [1.82, 2.24) is 49.8 Å². The molecule has 0 radical (unpaired) electrons. The van der Waals surface area contributed by atoms with E-state index in [1.807, 2.05) is 161 Å². The van der Waals surface area contributed by atoms with Crippen LogP contribution < -0.4 is 0 Å². The minimum atomic E-state index is 0.373. The smallest absolute Gasteiger partial charge is 0.160 e. The monoisotopic (exact) mass is 1690 g/mol. The number of hydrogen-bond donors (Lipinski definition) is 0. The zero-order valence-corrected chi connectivity index (χ0v) is 80.2. The number of benzene rings is 7. The van der Waals surface area contributed by atoms with Crippen molar-refractivity contribution in [2.24, 2.45) is 0 Å². The predicted molar refractivity (Wildman–Crippen MR) is 544 cm³/mol. The molecule has 0 aliphatic rings. The van der Waals surface area contributed by atoms with Gasteiger partial charge < -0.3 is 0 Å². The summed E-state index contributed by atoms with van der Waals surface area (Å²) in [6.07, 6.45) is 5.53. The van der Waals surface area contributed by atoms with Crippen LogP contribution in [0.3, 0.4) is 0 Å². The van der Waals surface area contributed by atoms with Crippen LogP contribution >= 0.6 is 0 Å². The molecule has 0 amide bonds. The second kappa shape index (κ2) is 52.7. The molecule has 10 nitrogen and oxygen atoms in total. The SMILES string of the molecule is CC(C)c1cc(-c2ccccc2)nc(-c2ccccc2)c1.CC(C)c1cc(-c2ccccc2)nc(-c2ccccc2)n1.CC(C)c1ccc(-c2ccccc2)nc1-c1ccccc1.CC(C)c1cccc(-c2ccccc2)n1.CC(C)c1ccccn1.CC(C)c1cccnc1.Cc1cc(C(C)C)cc(C)n1.Cc1ccc(C(C)C)c(C)n1.Cc1cccc(C(C)C)n1. The Labute approximate surface area is 767 Å². The van der Waals surface area contributed by atoms with Crippen molar-refractivity contribution in [2.75, 3.05) is 0 Å². The van der Waals surface area contributed by atoms with E-state index in [1.54, 1.807) is 6.20 Å². The average Bonchev–Trinajstić information content (AvgIpc) is 0.814. The Kier molecular flexibility index (Phi) is 41.3. The number of aryl methyl sites for hydroxylation is 5. The maximum Gasteiger partial charge on any atom is 0.160 e. The summed E-state index contributed by atoms with van der Waals surface area (Å²) in [5, 5.41) is 0. The van der Waals surface area contributed by atoms with Gasteiger partial charge in [-0.15, -0.1) is 0 Å². The van der Waals surface area contributed by atoms with Crippen LogP contribution in [0.15, 0.2) is 352 Å². The molecule has 10 heteroatoms. The molecule has 0 saturated carbocycles. The van der Waals surface area contributed by atoms with Crippen LogP contribution in [0.2, 0.25) is 0 Å². The lowest BCUT2D eigenvalue weighted by Crippen LogP contribution is -1.99. The molecule has 0 atom stereocenters. The van der Waals surface area contributed by atoms with Gasteiger partial charge in [-0.2, -0.15) is 0 Å². The Morgan fingerprint density at radius 1 is 0.195 bits per heavy atom. The van der Waals surface area contributed by atoms with Crippen LogP contribution in [0.5, 0.6) is 0 Å². The van der Waals surface area contributed by atoms with Gasteiger partial charge in [-0.25, -0.2) is 19.9 Å². The van der Waals surface area contributed by atoms with Gasteiger partial charge in [0.15, 0.2) is 5.82 Å². The lowest BCUT2D eigenvalue weighted by atomic mass is 9.96. The number of hydrogen-bond acceptors (Lipinski definition) is 10. The number of nitrogens with zero attached hydrogens (tertiary/aromatic N) is 10. The molecule has 0 spiro atoms. The van der Waals surface area contributed by atoms with E-state index in [0.717, 1.165) is 108 Å². The van der Waals surface area contributed by atoms with Crippen molar-refractivity contribution in [1.29, 1.82) is 0 Å². The normalized spacial score (nSPS) is 10.6. The predicted octanol–water partition coefficient (Wildman–Crippen LogP) is 32.5. The first-order valence-corrected chi connectivity index (χ1v) is 45.4. The molecule has 0 N–H and O–H groups in total. The molecule has 0 unspecified atom stereocenters. The molecular weight excluding hydrogens is 1560 g/mol. The lowest BCUT2D eigenvalue weighted by Gasteiger charge is -2.14. The summed E-state index contributed by atoms with van der Waals surface area (Å²) in [7, 11) is 0. The highest BCUT2D eigenvalue weighted by molar-refractivity contribution is 5.71. The second-order valence-electron chi connectivity index (χ2n) is 34.8. The van der Waals surface area contributed by atoms with Crippen molar-refractivity contribution in [3.05, 3.63) is 431 Å².